The molecule has 0 rings (SSSR count). The van der Waals surface area contributed by atoms with Crippen LogP contribution in [0.3, 0.4) is 0 Å². The van der Waals surface area contributed by atoms with E-state index in [0.717, 1.165) is 25.7 Å². The number of rotatable bonds is 8. The summed E-state index contributed by atoms with van der Waals surface area (Å²) in [6.07, 6.45) is 4.25. The first-order valence-electron chi connectivity index (χ1n) is 6.49. The van der Waals surface area contributed by atoms with E-state index >= 15 is 0 Å². The zero-order valence-corrected chi connectivity index (χ0v) is 12.2. The third-order valence-electron chi connectivity index (χ3n) is 3.66. The second-order valence-electron chi connectivity index (χ2n) is 5.37. The summed E-state index contributed by atoms with van der Waals surface area (Å²) in [4.78, 5) is 22.4. The molecule has 0 N–H and O–H groups in total. The topological polar surface area (TPSA) is 52.6 Å². The van der Waals surface area contributed by atoms with Crippen LogP contribution >= 0.6 is 0 Å². The van der Waals surface area contributed by atoms with Gasteiger partial charge in [0.2, 0.25) is 0 Å². The molecule has 0 heterocycles. The lowest BCUT2D eigenvalue weighted by Gasteiger charge is -2.29. The van der Waals surface area contributed by atoms with Crippen molar-refractivity contribution in [3.05, 3.63) is 0 Å². The van der Waals surface area contributed by atoms with Crippen LogP contribution < -0.4 is 0 Å². The number of methoxy groups -OCH3 is 2. The number of carbonyl (C=O) groups is 2. The summed E-state index contributed by atoms with van der Waals surface area (Å²) in [6, 6.07) is 0. The van der Waals surface area contributed by atoms with Gasteiger partial charge in [0, 0.05) is 6.42 Å². The number of ether oxygens (including phenoxy) is 2. The van der Waals surface area contributed by atoms with Crippen molar-refractivity contribution >= 4 is 11.9 Å². The van der Waals surface area contributed by atoms with Crippen LogP contribution in [0.25, 0.3) is 0 Å². The lowest BCUT2D eigenvalue weighted by Crippen LogP contribution is -2.29. The molecule has 0 saturated carbocycles. The fourth-order valence-corrected chi connectivity index (χ4v) is 1.84. The Kier molecular flexibility index (Phi) is 7.64. The normalized spacial score (nSPS) is 12.9. The highest BCUT2D eigenvalue weighted by Gasteiger charge is 2.31. The minimum absolute atomic E-state index is 0.0711. The van der Waals surface area contributed by atoms with Gasteiger partial charge in [-0.3, -0.25) is 9.59 Å². The number of hydrogen-bond acceptors (Lipinski definition) is 4. The molecule has 0 aliphatic heterocycles. The van der Waals surface area contributed by atoms with Gasteiger partial charge in [-0.15, -0.1) is 0 Å². The van der Waals surface area contributed by atoms with E-state index in [-0.39, 0.29) is 23.3 Å². The molecule has 0 amide bonds. The average molecular weight is 258 g/mol. The van der Waals surface area contributed by atoms with Gasteiger partial charge in [-0.05, 0) is 18.3 Å². The van der Waals surface area contributed by atoms with Gasteiger partial charge in [0.05, 0.1) is 20.1 Å². The van der Waals surface area contributed by atoms with Gasteiger partial charge in [0.25, 0.3) is 0 Å². The van der Waals surface area contributed by atoms with Gasteiger partial charge in [-0.2, -0.15) is 0 Å². The van der Waals surface area contributed by atoms with Gasteiger partial charge in [0.1, 0.15) is 0 Å². The summed E-state index contributed by atoms with van der Waals surface area (Å²) in [5.41, 5.74) is -0.0711. The van der Waals surface area contributed by atoms with Crippen molar-refractivity contribution < 1.29 is 19.1 Å². The molecule has 1 unspecified atom stereocenters. The highest BCUT2D eigenvalue weighted by atomic mass is 16.5. The standard InChI is InChI=1S/C14H26O4/c1-11(13(16)18-5)14(2,3)10-8-6-7-9-12(15)17-4/h11H,6-10H2,1-5H3. The minimum atomic E-state index is -0.158. The van der Waals surface area contributed by atoms with Gasteiger partial charge in [-0.25, -0.2) is 0 Å². The largest absolute Gasteiger partial charge is 0.469 e. The van der Waals surface area contributed by atoms with Crippen molar-refractivity contribution in [3.63, 3.8) is 0 Å². The summed E-state index contributed by atoms with van der Waals surface area (Å²) in [6.45, 7) is 6.06. The van der Waals surface area contributed by atoms with Crippen LogP contribution in [0.1, 0.15) is 52.9 Å². The van der Waals surface area contributed by atoms with Crippen molar-refractivity contribution in [1.29, 1.82) is 0 Å². The predicted molar refractivity (Wildman–Crippen MR) is 70.1 cm³/mol. The van der Waals surface area contributed by atoms with Crippen LogP contribution in [0.4, 0.5) is 0 Å². The number of carbonyl (C=O) groups excluding carboxylic acids is 2. The van der Waals surface area contributed by atoms with Gasteiger partial charge < -0.3 is 9.47 Å². The van der Waals surface area contributed by atoms with Gasteiger partial charge in [-0.1, -0.05) is 33.6 Å². The maximum Gasteiger partial charge on any atom is 0.308 e. The van der Waals surface area contributed by atoms with Crippen LogP contribution in [-0.4, -0.2) is 26.2 Å². The highest BCUT2D eigenvalue weighted by Crippen LogP contribution is 2.33. The van der Waals surface area contributed by atoms with Crippen molar-refractivity contribution in [3.8, 4) is 0 Å². The molecule has 0 bridgehead atoms. The van der Waals surface area contributed by atoms with Crippen LogP contribution in [0, 0.1) is 11.3 Å². The van der Waals surface area contributed by atoms with E-state index in [1.165, 1.54) is 14.2 Å². The van der Waals surface area contributed by atoms with Crippen LogP contribution in [0.5, 0.6) is 0 Å². The lowest BCUT2D eigenvalue weighted by molar-refractivity contribution is -0.149. The maximum atomic E-state index is 11.5. The van der Waals surface area contributed by atoms with E-state index in [4.69, 9.17) is 4.74 Å². The Hall–Kier alpha value is -1.06. The third-order valence-corrected chi connectivity index (χ3v) is 3.66. The molecular formula is C14H26O4. The van der Waals surface area contributed by atoms with E-state index in [1.54, 1.807) is 0 Å². The molecule has 0 aliphatic carbocycles. The molecule has 0 aromatic rings. The first-order chi connectivity index (χ1) is 8.35. The summed E-state index contributed by atoms with van der Waals surface area (Å²) in [5, 5.41) is 0. The molecule has 0 aromatic carbocycles. The molecule has 0 saturated heterocycles. The summed E-state index contributed by atoms with van der Waals surface area (Å²) in [7, 11) is 2.83. The molecule has 4 nitrogen and oxygen atoms in total. The molecule has 0 radical (unpaired) electrons. The predicted octanol–water partition coefficient (Wildman–Crippen LogP) is 2.95. The summed E-state index contributed by atoms with van der Waals surface area (Å²) < 4.78 is 9.35. The smallest absolute Gasteiger partial charge is 0.308 e. The second kappa shape index (κ2) is 8.11. The molecule has 18 heavy (non-hydrogen) atoms. The van der Waals surface area contributed by atoms with E-state index < -0.39 is 0 Å². The molecular weight excluding hydrogens is 232 g/mol. The van der Waals surface area contributed by atoms with Crippen molar-refractivity contribution in [2.75, 3.05) is 14.2 Å². The molecule has 0 fully saturated rings. The fraction of sp³-hybridized carbons (Fsp3) is 0.857. The lowest BCUT2D eigenvalue weighted by atomic mass is 9.76. The number of esters is 2. The Balaban J connectivity index is 3.90. The first-order valence-corrected chi connectivity index (χ1v) is 6.49. The molecule has 0 aromatic heterocycles. The fourth-order valence-electron chi connectivity index (χ4n) is 1.84. The Bertz CT molecular complexity index is 271. The zero-order valence-electron chi connectivity index (χ0n) is 12.2. The first kappa shape index (κ1) is 16.9. The second-order valence-corrected chi connectivity index (χ2v) is 5.37. The summed E-state index contributed by atoms with van der Waals surface area (Å²) >= 11 is 0. The Morgan fingerprint density at radius 3 is 2.17 bits per heavy atom. The van der Waals surface area contributed by atoms with E-state index in [9.17, 15) is 9.59 Å². The monoisotopic (exact) mass is 258 g/mol. The van der Waals surface area contributed by atoms with E-state index in [2.05, 4.69) is 18.6 Å². The molecule has 4 heteroatoms. The minimum Gasteiger partial charge on any atom is -0.469 e. The van der Waals surface area contributed by atoms with Crippen molar-refractivity contribution in [2.45, 2.75) is 52.9 Å². The Morgan fingerprint density at radius 1 is 1.06 bits per heavy atom. The van der Waals surface area contributed by atoms with Crippen LogP contribution in [0.15, 0.2) is 0 Å². The number of unbranched alkanes of at least 4 members (excludes halogenated alkanes) is 2. The SMILES string of the molecule is COC(=O)CCCCCC(C)(C)C(C)C(=O)OC. The van der Waals surface area contributed by atoms with Gasteiger partial charge >= 0.3 is 11.9 Å². The highest BCUT2D eigenvalue weighted by molar-refractivity contribution is 5.72. The Morgan fingerprint density at radius 2 is 1.67 bits per heavy atom. The van der Waals surface area contributed by atoms with E-state index in [1.807, 2.05) is 6.92 Å². The van der Waals surface area contributed by atoms with Crippen LogP contribution in [0.2, 0.25) is 0 Å². The summed E-state index contributed by atoms with van der Waals surface area (Å²) in [5.74, 6) is -0.421. The molecule has 106 valence electrons. The van der Waals surface area contributed by atoms with Gasteiger partial charge in [0.15, 0.2) is 0 Å². The average Bonchev–Trinajstić information content (AvgIpc) is 2.35. The molecule has 0 spiro atoms. The van der Waals surface area contributed by atoms with Crippen LogP contribution in [-0.2, 0) is 19.1 Å². The van der Waals surface area contributed by atoms with Crippen molar-refractivity contribution in [1.82, 2.24) is 0 Å². The maximum absolute atomic E-state index is 11.5. The van der Waals surface area contributed by atoms with E-state index in [0.29, 0.717) is 6.42 Å². The van der Waals surface area contributed by atoms with Crippen molar-refractivity contribution in [2.24, 2.45) is 11.3 Å². The Labute approximate surface area is 110 Å². The third kappa shape index (κ3) is 6.03. The molecule has 1 atom stereocenters. The quantitative estimate of drug-likeness (QED) is 0.496. The molecule has 0 aliphatic rings. The zero-order chi connectivity index (χ0) is 14.2. The number of hydrogen-bond donors (Lipinski definition) is 0.